The minimum absolute atomic E-state index is 0.503. The highest BCUT2D eigenvalue weighted by Crippen LogP contribution is 2.28. The molecule has 1 heterocycles. The summed E-state index contributed by atoms with van der Waals surface area (Å²) in [6, 6.07) is 5.68. The van der Waals surface area contributed by atoms with Crippen LogP contribution in [0.15, 0.2) is 22.7 Å². The molecule has 0 radical (unpaired) electrons. The van der Waals surface area contributed by atoms with Gasteiger partial charge in [-0.1, -0.05) is 18.1 Å². The molecule has 1 aromatic heterocycles. The minimum Gasteiger partial charge on any atom is -0.493 e. The molecule has 0 atom stereocenters. The van der Waals surface area contributed by atoms with Gasteiger partial charge in [0.2, 0.25) is 0 Å². The van der Waals surface area contributed by atoms with Crippen LogP contribution in [-0.4, -0.2) is 24.4 Å². The van der Waals surface area contributed by atoms with Gasteiger partial charge >= 0.3 is 0 Å². The van der Waals surface area contributed by atoms with Crippen LogP contribution in [0.2, 0.25) is 0 Å². The first-order valence-corrected chi connectivity index (χ1v) is 6.49. The van der Waals surface area contributed by atoms with Crippen molar-refractivity contribution in [2.24, 2.45) is 0 Å². The lowest BCUT2D eigenvalue weighted by molar-refractivity contribution is 0.355. The van der Waals surface area contributed by atoms with Gasteiger partial charge in [-0.15, -0.1) is 0 Å². The molecule has 0 amide bonds. The second-order valence-corrected chi connectivity index (χ2v) is 4.25. The minimum atomic E-state index is 0.503. The first-order valence-electron chi connectivity index (χ1n) is 6.49. The highest BCUT2D eigenvalue weighted by Gasteiger charge is 2.04. The quantitative estimate of drug-likeness (QED) is 0.809. The first-order chi connectivity index (χ1) is 9.76. The fourth-order valence-corrected chi connectivity index (χ4v) is 1.78. The van der Waals surface area contributed by atoms with Crippen molar-refractivity contribution in [1.29, 1.82) is 0 Å². The number of benzene rings is 1. The predicted octanol–water partition coefficient (Wildman–Crippen LogP) is 3.21. The number of aryl methyl sites for hydroxylation is 1. The van der Waals surface area contributed by atoms with Crippen molar-refractivity contribution in [3.8, 4) is 11.5 Å². The van der Waals surface area contributed by atoms with Gasteiger partial charge in [-0.05, 0) is 30.2 Å². The molecule has 0 saturated carbocycles. The monoisotopic (exact) mass is 274 g/mol. The van der Waals surface area contributed by atoms with Gasteiger partial charge in [-0.25, -0.2) is 0 Å². The lowest BCUT2D eigenvalue weighted by Crippen LogP contribution is -1.90. The smallest absolute Gasteiger partial charge is 0.250 e. The van der Waals surface area contributed by atoms with E-state index in [9.17, 15) is 0 Å². The number of nitrogens with zero attached hydrogens (tertiary/aromatic N) is 2. The molecule has 2 aromatic rings. The molecule has 20 heavy (non-hydrogen) atoms. The normalized spacial score (nSPS) is 10.9. The van der Waals surface area contributed by atoms with E-state index in [1.807, 2.05) is 24.3 Å². The summed E-state index contributed by atoms with van der Waals surface area (Å²) in [7, 11) is 3.22. The topological polar surface area (TPSA) is 57.4 Å². The van der Waals surface area contributed by atoms with Crippen molar-refractivity contribution in [2.45, 2.75) is 19.8 Å². The van der Waals surface area contributed by atoms with E-state index in [0.29, 0.717) is 17.4 Å². The van der Waals surface area contributed by atoms with Crippen molar-refractivity contribution in [3.05, 3.63) is 35.5 Å². The molecule has 0 bridgehead atoms. The fraction of sp³-hybridized carbons (Fsp3) is 0.333. The lowest BCUT2D eigenvalue weighted by Gasteiger charge is -2.07. The van der Waals surface area contributed by atoms with Crippen LogP contribution < -0.4 is 9.47 Å². The number of aromatic nitrogens is 2. The van der Waals surface area contributed by atoms with E-state index in [1.54, 1.807) is 20.3 Å². The van der Waals surface area contributed by atoms with E-state index in [2.05, 4.69) is 17.1 Å². The van der Waals surface area contributed by atoms with Crippen molar-refractivity contribution < 1.29 is 14.0 Å². The van der Waals surface area contributed by atoms with Gasteiger partial charge in [0.15, 0.2) is 17.3 Å². The summed E-state index contributed by atoms with van der Waals surface area (Å²) in [5.41, 5.74) is 0.970. The van der Waals surface area contributed by atoms with E-state index in [1.165, 1.54) is 0 Å². The van der Waals surface area contributed by atoms with Gasteiger partial charge in [0.05, 0.1) is 14.2 Å². The number of hydrogen-bond acceptors (Lipinski definition) is 5. The van der Waals surface area contributed by atoms with E-state index < -0.39 is 0 Å². The number of methoxy groups -OCH3 is 2. The van der Waals surface area contributed by atoms with Gasteiger partial charge in [0, 0.05) is 12.5 Å². The van der Waals surface area contributed by atoms with Crippen molar-refractivity contribution in [1.82, 2.24) is 10.1 Å². The van der Waals surface area contributed by atoms with Crippen LogP contribution in [0.3, 0.4) is 0 Å². The van der Waals surface area contributed by atoms with Crippen LogP contribution in [0.1, 0.15) is 30.6 Å². The van der Waals surface area contributed by atoms with Crippen LogP contribution in [0.25, 0.3) is 12.2 Å². The summed E-state index contributed by atoms with van der Waals surface area (Å²) < 4.78 is 15.6. The van der Waals surface area contributed by atoms with Crippen molar-refractivity contribution in [2.75, 3.05) is 14.2 Å². The second-order valence-electron chi connectivity index (χ2n) is 4.25. The zero-order chi connectivity index (χ0) is 14.4. The fourth-order valence-electron chi connectivity index (χ4n) is 1.78. The summed E-state index contributed by atoms with van der Waals surface area (Å²) in [5.74, 6) is 2.63. The number of hydrogen-bond donors (Lipinski definition) is 0. The maximum Gasteiger partial charge on any atom is 0.250 e. The number of ether oxygens (including phenoxy) is 2. The Balaban J connectivity index is 2.13. The molecule has 0 fully saturated rings. The maximum absolute atomic E-state index is 5.25. The Hall–Kier alpha value is -2.30. The molecule has 0 aliphatic heterocycles. The maximum atomic E-state index is 5.25. The van der Waals surface area contributed by atoms with Gasteiger partial charge < -0.3 is 14.0 Å². The largest absolute Gasteiger partial charge is 0.493 e. The standard InChI is InChI=1S/C15H18N2O3/c1-4-5-14-16-15(20-17-14)9-7-11-6-8-12(18-2)13(10-11)19-3/h6-10H,4-5H2,1-3H3. The molecular formula is C15H18N2O3. The Kier molecular flexibility index (Phi) is 4.76. The van der Waals surface area contributed by atoms with Crippen LogP contribution in [0.4, 0.5) is 0 Å². The third kappa shape index (κ3) is 3.38. The summed E-state index contributed by atoms with van der Waals surface area (Å²) in [6.07, 6.45) is 5.50. The molecule has 5 nitrogen and oxygen atoms in total. The highest BCUT2D eigenvalue weighted by molar-refractivity contribution is 5.67. The molecule has 1 aromatic carbocycles. The SMILES string of the molecule is CCCc1noc(C=Cc2ccc(OC)c(OC)c2)n1. The van der Waals surface area contributed by atoms with Gasteiger partial charge in [-0.3, -0.25) is 0 Å². The Labute approximate surface area is 118 Å². The van der Waals surface area contributed by atoms with Crippen molar-refractivity contribution >= 4 is 12.2 Å². The van der Waals surface area contributed by atoms with Crippen molar-refractivity contribution in [3.63, 3.8) is 0 Å². The van der Waals surface area contributed by atoms with Gasteiger partial charge in [0.25, 0.3) is 5.89 Å². The molecule has 2 rings (SSSR count). The van der Waals surface area contributed by atoms with E-state index in [0.717, 1.165) is 24.2 Å². The Morgan fingerprint density at radius 3 is 2.65 bits per heavy atom. The zero-order valence-corrected chi connectivity index (χ0v) is 11.9. The van der Waals surface area contributed by atoms with Gasteiger partial charge in [-0.2, -0.15) is 4.98 Å². The second kappa shape index (κ2) is 6.75. The Bertz CT molecular complexity index is 591. The molecule has 0 saturated heterocycles. The summed E-state index contributed by atoms with van der Waals surface area (Å²) in [5, 5.41) is 3.90. The van der Waals surface area contributed by atoms with Crippen LogP contribution in [-0.2, 0) is 6.42 Å². The van der Waals surface area contributed by atoms with Crippen LogP contribution in [0, 0.1) is 0 Å². The van der Waals surface area contributed by atoms with E-state index in [4.69, 9.17) is 14.0 Å². The van der Waals surface area contributed by atoms with E-state index in [-0.39, 0.29) is 0 Å². The molecule has 0 aliphatic carbocycles. The number of rotatable bonds is 6. The molecule has 0 aliphatic rings. The average molecular weight is 274 g/mol. The lowest BCUT2D eigenvalue weighted by atomic mass is 10.2. The molecular weight excluding hydrogens is 256 g/mol. The molecule has 106 valence electrons. The van der Waals surface area contributed by atoms with E-state index >= 15 is 0 Å². The first kappa shape index (κ1) is 14.1. The average Bonchev–Trinajstić information content (AvgIpc) is 2.93. The Morgan fingerprint density at radius 1 is 1.15 bits per heavy atom. The molecule has 0 spiro atoms. The molecule has 5 heteroatoms. The molecule has 0 N–H and O–H groups in total. The summed E-state index contributed by atoms with van der Waals surface area (Å²) in [6.45, 7) is 2.08. The summed E-state index contributed by atoms with van der Waals surface area (Å²) in [4.78, 5) is 4.27. The third-order valence-electron chi connectivity index (χ3n) is 2.78. The Morgan fingerprint density at radius 2 is 1.95 bits per heavy atom. The zero-order valence-electron chi connectivity index (χ0n) is 11.9. The molecule has 0 unspecified atom stereocenters. The van der Waals surface area contributed by atoms with Crippen LogP contribution in [0.5, 0.6) is 11.5 Å². The van der Waals surface area contributed by atoms with Gasteiger partial charge in [0.1, 0.15) is 0 Å². The van der Waals surface area contributed by atoms with Crippen LogP contribution >= 0.6 is 0 Å². The summed E-state index contributed by atoms with van der Waals surface area (Å²) >= 11 is 0. The third-order valence-corrected chi connectivity index (χ3v) is 2.78. The highest BCUT2D eigenvalue weighted by atomic mass is 16.5. The predicted molar refractivity (Wildman–Crippen MR) is 76.8 cm³/mol.